The molecule has 0 aliphatic heterocycles. The SMILES string of the molecule is CCCc1ccc(C(O)CNC(=O)C(C)C)cc1. The van der Waals surface area contributed by atoms with Crippen molar-refractivity contribution in [2.45, 2.75) is 39.7 Å². The highest BCUT2D eigenvalue weighted by Crippen LogP contribution is 2.14. The van der Waals surface area contributed by atoms with Crippen molar-refractivity contribution in [2.24, 2.45) is 5.92 Å². The monoisotopic (exact) mass is 249 g/mol. The van der Waals surface area contributed by atoms with Crippen molar-refractivity contribution in [3.05, 3.63) is 35.4 Å². The van der Waals surface area contributed by atoms with Crippen molar-refractivity contribution < 1.29 is 9.90 Å². The first-order chi connectivity index (χ1) is 8.54. The molecular weight excluding hydrogens is 226 g/mol. The zero-order chi connectivity index (χ0) is 13.5. The summed E-state index contributed by atoms with van der Waals surface area (Å²) < 4.78 is 0. The minimum Gasteiger partial charge on any atom is -0.387 e. The predicted molar refractivity (Wildman–Crippen MR) is 73.2 cm³/mol. The Hall–Kier alpha value is -1.35. The lowest BCUT2D eigenvalue weighted by molar-refractivity contribution is -0.124. The average Bonchev–Trinajstić information content (AvgIpc) is 2.36. The minimum atomic E-state index is -0.636. The summed E-state index contributed by atoms with van der Waals surface area (Å²) in [7, 11) is 0. The standard InChI is InChI=1S/C15H23NO2/c1-4-5-12-6-8-13(9-7-12)14(17)10-16-15(18)11(2)3/h6-9,11,14,17H,4-5,10H2,1-3H3,(H,16,18). The Balaban J connectivity index is 2.51. The number of carbonyl (C=O) groups is 1. The molecule has 0 saturated heterocycles. The Morgan fingerprint density at radius 2 is 1.89 bits per heavy atom. The molecule has 3 heteroatoms. The van der Waals surface area contributed by atoms with Crippen LogP contribution in [0, 0.1) is 5.92 Å². The Labute approximate surface area is 109 Å². The summed E-state index contributed by atoms with van der Waals surface area (Å²) in [5.74, 6) is -0.0826. The molecule has 3 nitrogen and oxygen atoms in total. The van der Waals surface area contributed by atoms with E-state index in [-0.39, 0.29) is 18.4 Å². The summed E-state index contributed by atoms with van der Waals surface area (Å²) in [6, 6.07) is 7.92. The Bertz CT molecular complexity index is 371. The highest BCUT2D eigenvalue weighted by atomic mass is 16.3. The Morgan fingerprint density at radius 1 is 1.28 bits per heavy atom. The van der Waals surface area contributed by atoms with Crippen LogP contribution in [-0.2, 0) is 11.2 Å². The van der Waals surface area contributed by atoms with E-state index in [0.717, 1.165) is 18.4 Å². The number of nitrogens with one attached hydrogen (secondary N) is 1. The zero-order valence-electron chi connectivity index (χ0n) is 11.4. The van der Waals surface area contributed by atoms with Crippen molar-refractivity contribution in [1.82, 2.24) is 5.32 Å². The van der Waals surface area contributed by atoms with Gasteiger partial charge in [-0.25, -0.2) is 0 Å². The third kappa shape index (κ3) is 4.49. The van der Waals surface area contributed by atoms with Crippen LogP contribution in [0.5, 0.6) is 0 Å². The quantitative estimate of drug-likeness (QED) is 0.813. The van der Waals surface area contributed by atoms with Gasteiger partial charge in [0.05, 0.1) is 6.10 Å². The summed E-state index contributed by atoms with van der Waals surface area (Å²) >= 11 is 0. The lowest BCUT2D eigenvalue weighted by atomic mass is 10.0. The van der Waals surface area contributed by atoms with E-state index in [2.05, 4.69) is 12.2 Å². The summed E-state index contributed by atoms with van der Waals surface area (Å²) in [5.41, 5.74) is 2.12. The van der Waals surface area contributed by atoms with Crippen LogP contribution in [0.1, 0.15) is 44.4 Å². The van der Waals surface area contributed by atoms with Crippen molar-refractivity contribution in [3.8, 4) is 0 Å². The number of hydrogen-bond acceptors (Lipinski definition) is 2. The second kappa shape index (κ2) is 7.17. The summed E-state index contributed by atoms with van der Waals surface area (Å²) in [6.07, 6.45) is 1.54. The molecule has 100 valence electrons. The number of aliphatic hydroxyl groups excluding tert-OH is 1. The highest BCUT2D eigenvalue weighted by molar-refractivity contribution is 5.77. The molecule has 18 heavy (non-hydrogen) atoms. The van der Waals surface area contributed by atoms with E-state index in [9.17, 15) is 9.90 Å². The smallest absolute Gasteiger partial charge is 0.222 e. The average molecular weight is 249 g/mol. The van der Waals surface area contributed by atoms with E-state index in [0.29, 0.717) is 0 Å². The van der Waals surface area contributed by atoms with Crippen molar-refractivity contribution in [3.63, 3.8) is 0 Å². The number of carbonyl (C=O) groups excluding carboxylic acids is 1. The maximum atomic E-state index is 11.4. The van der Waals surface area contributed by atoms with Crippen LogP contribution in [0.15, 0.2) is 24.3 Å². The van der Waals surface area contributed by atoms with Gasteiger partial charge in [0.2, 0.25) is 5.91 Å². The van der Waals surface area contributed by atoms with Crippen LogP contribution >= 0.6 is 0 Å². The fourth-order valence-electron chi connectivity index (χ4n) is 1.71. The Kier molecular flexibility index (Phi) is 5.86. The van der Waals surface area contributed by atoms with Crippen LogP contribution in [-0.4, -0.2) is 17.6 Å². The highest BCUT2D eigenvalue weighted by Gasteiger charge is 2.11. The van der Waals surface area contributed by atoms with Gasteiger partial charge in [0, 0.05) is 12.5 Å². The first-order valence-corrected chi connectivity index (χ1v) is 6.59. The molecule has 0 radical (unpaired) electrons. The molecule has 1 aromatic rings. The molecule has 0 aliphatic carbocycles. The van der Waals surface area contributed by atoms with E-state index < -0.39 is 6.10 Å². The van der Waals surface area contributed by atoms with Crippen LogP contribution in [0.4, 0.5) is 0 Å². The molecule has 1 unspecified atom stereocenters. The van der Waals surface area contributed by atoms with Crippen molar-refractivity contribution in [2.75, 3.05) is 6.54 Å². The van der Waals surface area contributed by atoms with Gasteiger partial charge < -0.3 is 10.4 Å². The first kappa shape index (κ1) is 14.7. The fraction of sp³-hybridized carbons (Fsp3) is 0.533. The fourth-order valence-corrected chi connectivity index (χ4v) is 1.71. The lowest BCUT2D eigenvalue weighted by Crippen LogP contribution is -2.31. The van der Waals surface area contributed by atoms with E-state index >= 15 is 0 Å². The topological polar surface area (TPSA) is 49.3 Å². The molecule has 1 rings (SSSR count). The Morgan fingerprint density at radius 3 is 2.39 bits per heavy atom. The molecule has 0 aliphatic rings. The van der Waals surface area contributed by atoms with Gasteiger partial charge in [0.15, 0.2) is 0 Å². The molecule has 1 aromatic carbocycles. The predicted octanol–water partition coefficient (Wildman–Crippen LogP) is 2.44. The third-order valence-electron chi connectivity index (χ3n) is 2.90. The number of aryl methyl sites for hydroxylation is 1. The van der Waals surface area contributed by atoms with Gasteiger partial charge in [-0.3, -0.25) is 4.79 Å². The molecule has 1 amide bonds. The van der Waals surface area contributed by atoms with Crippen molar-refractivity contribution >= 4 is 5.91 Å². The van der Waals surface area contributed by atoms with E-state index in [4.69, 9.17) is 0 Å². The molecule has 0 saturated carbocycles. The molecule has 0 aromatic heterocycles. The molecule has 1 atom stereocenters. The van der Waals surface area contributed by atoms with Gasteiger partial charge in [-0.15, -0.1) is 0 Å². The van der Waals surface area contributed by atoms with Crippen LogP contribution in [0.3, 0.4) is 0 Å². The van der Waals surface area contributed by atoms with E-state index in [1.807, 2.05) is 38.1 Å². The maximum Gasteiger partial charge on any atom is 0.222 e. The summed E-state index contributed by atoms with van der Waals surface area (Å²) in [6.45, 7) is 6.08. The summed E-state index contributed by atoms with van der Waals surface area (Å²) in [5, 5.41) is 12.7. The molecule has 0 spiro atoms. The third-order valence-corrected chi connectivity index (χ3v) is 2.90. The number of benzene rings is 1. The van der Waals surface area contributed by atoms with Crippen LogP contribution < -0.4 is 5.32 Å². The maximum absolute atomic E-state index is 11.4. The van der Waals surface area contributed by atoms with Crippen LogP contribution in [0.2, 0.25) is 0 Å². The van der Waals surface area contributed by atoms with Gasteiger partial charge in [0.25, 0.3) is 0 Å². The second-order valence-corrected chi connectivity index (χ2v) is 4.91. The minimum absolute atomic E-state index is 0.0309. The lowest BCUT2D eigenvalue weighted by Gasteiger charge is -2.14. The molecule has 0 bridgehead atoms. The molecular formula is C15H23NO2. The normalized spacial score (nSPS) is 12.5. The summed E-state index contributed by atoms with van der Waals surface area (Å²) in [4.78, 5) is 11.4. The van der Waals surface area contributed by atoms with Crippen LogP contribution in [0.25, 0.3) is 0 Å². The molecule has 0 fully saturated rings. The zero-order valence-corrected chi connectivity index (χ0v) is 11.4. The molecule has 0 heterocycles. The molecule has 2 N–H and O–H groups in total. The van der Waals surface area contributed by atoms with Crippen molar-refractivity contribution in [1.29, 1.82) is 0 Å². The van der Waals surface area contributed by atoms with Gasteiger partial charge in [-0.1, -0.05) is 51.5 Å². The first-order valence-electron chi connectivity index (χ1n) is 6.59. The van der Waals surface area contributed by atoms with E-state index in [1.165, 1.54) is 5.56 Å². The van der Waals surface area contributed by atoms with Gasteiger partial charge in [-0.05, 0) is 17.5 Å². The number of amides is 1. The number of hydrogen-bond donors (Lipinski definition) is 2. The second-order valence-electron chi connectivity index (χ2n) is 4.91. The number of aliphatic hydroxyl groups is 1. The largest absolute Gasteiger partial charge is 0.387 e. The van der Waals surface area contributed by atoms with Gasteiger partial charge >= 0.3 is 0 Å². The number of rotatable bonds is 6. The van der Waals surface area contributed by atoms with E-state index in [1.54, 1.807) is 0 Å². The van der Waals surface area contributed by atoms with Gasteiger partial charge in [0.1, 0.15) is 0 Å². The van der Waals surface area contributed by atoms with Gasteiger partial charge in [-0.2, -0.15) is 0 Å².